The van der Waals surface area contributed by atoms with E-state index in [0.29, 0.717) is 12.1 Å². The molecule has 0 fully saturated rings. The third-order valence-electron chi connectivity index (χ3n) is 3.05. The van der Waals surface area contributed by atoms with Crippen molar-refractivity contribution in [2.75, 3.05) is 11.9 Å². The van der Waals surface area contributed by atoms with Gasteiger partial charge in [-0.2, -0.15) is 5.10 Å². The number of amides is 1. The van der Waals surface area contributed by atoms with Crippen LogP contribution >= 0.6 is 15.9 Å². The Morgan fingerprint density at radius 3 is 2.90 bits per heavy atom. The van der Waals surface area contributed by atoms with E-state index >= 15 is 0 Å². The zero-order chi connectivity index (χ0) is 14.7. The minimum Gasteiger partial charge on any atom is -0.396 e. The summed E-state index contributed by atoms with van der Waals surface area (Å²) in [5.74, 6) is -0.223. The first-order valence-electron chi connectivity index (χ1n) is 6.22. The van der Waals surface area contributed by atoms with E-state index in [1.54, 1.807) is 13.2 Å². The summed E-state index contributed by atoms with van der Waals surface area (Å²) in [6.45, 7) is 1.92. The number of hydrogen-bond acceptors (Lipinski definition) is 3. The summed E-state index contributed by atoms with van der Waals surface area (Å²) in [5.41, 5.74) is 2.94. The van der Waals surface area contributed by atoms with Gasteiger partial charge >= 0.3 is 0 Å². The summed E-state index contributed by atoms with van der Waals surface area (Å²) in [5, 5.41) is 16.0. The first kappa shape index (κ1) is 14.7. The van der Waals surface area contributed by atoms with E-state index in [4.69, 9.17) is 5.11 Å². The molecule has 6 heteroatoms. The maximum absolute atomic E-state index is 12.4. The van der Waals surface area contributed by atoms with E-state index in [2.05, 4.69) is 26.3 Å². The number of benzene rings is 1. The van der Waals surface area contributed by atoms with Crippen molar-refractivity contribution in [1.82, 2.24) is 9.78 Å². The number of anilines is 1. The predicted molar refractivity (Wildman–Crippen MR) is 80.8 cm³/mol. The van der Waals surface area contributed by atoms with Gasteiger partial charge in [-0.05, 0) is 37.1 Å². The van der Waals surface area contributed by atoms with Crippen LogP contribution in [-0.4, -0.2) is 27.4 Å². The topological polar surface area (TPSA) is 67.2 Å². The fraction of sp³-hybridized carbons (Fsp3) is 0.286. The van der Waals surface area contributed by atoms with Gasteiger partial charge in [-0.25, -0.2) is 0 Å². The van der Waals surface area contributed by atoms with Gasteiger partial charge in [0.15, 0.2) is 0 Å². The van der Waals surface area contributed by atoms with Crippen molar-refractivity contribution in [3.8, 4) is 0 Å². The van der Waals surface area contributed by atoms with E-state index in [-0.39, 0.29) is 12.5 Å². The molecule has 5 nitrogen and oxygen atoms in total. The Hall–Kier alpha value is -1.66. The number of nitrogens with zero attached hydrogens (tertiary/aromatic N) is 2. The Kier molecular flexibility index (Phi) is 4.57. The average Bonchev–Trinajstić information content (AvgIpc) is 2.74. The van der Waals surface area contributed by atoms with Gasteiger partial charge in [0.25, 0.3) is 5.91 Å². The largest absolute Gasteiger partial charge is 0.396 e. The number of nitrogens with one attached hydrogen (secondary N) is 1. The van der Waals surface area contributed by atoms with Crippen LogP contribution in [0.3, 0.4) is 0 Å². The molecule has 1 amide bonds. The summed E-state index contributed by atoms with van der Waals surface area (Å²) >= 11 is 3.39. The third-order valence-corrected chi connectivity index (χ3v) is 3.54. The molecule has 0 aliphatic heterocycles. The van der Waals surface area contributed by atoms with E-state index in [9.17, 15) is 4.79 Å². The molecule has 1 aromatic carbocycles. The van der Waals surface area contributed by atoms with Crippen LogP contribution in [0.4, 0.5) is 5.69 Å². The molecule has 1 aromatic heterocycles. The number of carbonyl (C=O) groups excluding carboxylic acids is 1. The first-order chi connectivity index (χ1) is 9.52. The monoisotopic (exact) mass is 337 g/mol. The van der Waals surface area contributed by atoms with Crippen molar-refractivity contribution in [3.63, 3.8) is 0 Å². The highest BCUT2D eigenvalue weighted by molar-refractivity contribution is 9.10. The Morgan fingerprint density at radius 1 is 1.50 bits per heavy atom. The third kappa shape index (κ3) is 3.08. The van der Waals surface area contributed by atoms with Gasteiger partial charge in [0.05, 0.1) is 6.20 Å². The van der Waals surface area contributed by atoms with Crippen molar-refractivity contribution in [2.24, 2.45) is 7.05 Å². The SMILES string of the molecule is Cc1cc(Br)ccc1NC(=O)c1c(CCO)cnn1C. The second-order valence-corrected chi connectivity index (χ2v) is 5.44. The van der Waals surface area contributed by atoms with Crippen LogP contribution in [-0.2, 0) is 13.5 Å². The quantitative estimate of drug-likeness (QED) is 0.899. The Bertz CT molecular complexity index is 637. The fourth-order valence-corrected chi connectivity index (χ4v) is 2.50. The molecule has 0 atom stereocenters. The Balaban J connectivity index is 2.26. The van der Waals surface area contributed by atoms with Crippen molar-refractivity contribution >= 4 is 27.5 Å². The van der Waals surface area contributed by atoms with E-state index in [1.807, 2.05) is 25.1 Å². The smallest absolute Gasteiger partial charge is 0.274 e. The summed E-state index contributed by atoms with van der Waals surface area (Å²) in [7, 11) is 1.71. The molecule has 0 saturated carbocycles. The maximum Gasteiger partial charge on any atom is 0.274 e. The molecule has 106 valence electrons. The van der Waals surface area contributed by atoms with Gasteiger partial charge in [-0.3, -0.25) is 9.48 Å². The molecule has 0 aliphatic carbocycles. The second-order valence-electron chi connectivity index (χ2n) is 4.53. The number of aliphatic hydroxyl groups is 1. The lowest BCUT2D eigenvalue weighted by Crippen LogP contribution is -2.18. The molecular weight excluding hydrogens is 322 g/mol. The zero-order valence-electron chi connectivity index (χ0n) is 11.4. The lowest BCUT2D eigenvalue weighted by atomic mass is 10.1. The van der Waals surface area contributed by atoms with Crippen LogP contribution in [0.2, 0.25) is 0 Å². The predicted octanol–water partition coefficient (Wildman–Crippen LogP) is 2.28. The summed E-state index contributed by atoms with van der Waals surface area (Å²) in [6, 6.07) is 5.66. The molecule has 1 heterocycles. The van der Waals surface area contributed by atoms with Gasteiger partial charge in [0.1, 0.15) is 5.69 Å². The van der Waals surface area contributed by atoms with E-state index in [0.717, 1.165) is 21.3 Å². The number of aromatic nitrogens is 2. The molecule has 2 aromatic rings. The lowest BCUT2D eigenvalue weighted by Gasteiger charge is -2.10. The number of hydrogen-bond donors (Lipinski definition) is 2. The number of rotatable bonds is 4. The minimum absolute atomic E-state index is 0.0106. The van der Waals surface area contributed by atoms with Gasteiger partial charge in [0, 0.05) is 29.4 Å². The molecule has 0 aliphatic rings. The molecule has 0 bridgehead atoms. The van der Waals surface area contributed by atoms with Gasteiger partial charge in [0.2, 0.25) is 0 Å². The van der Waals surface area contributed by atoms with E-state index in [1.165, 1.54) is 4.68 Å². The fourth-order valence-electron chi connectivity index (χ4n) is 2.03. The van der Waals surface area contributed by atoms with Gasteiger partial charge in [-0.1, -0.05) is 15.9 Å². The normalized spacial score (nSPS) is 10.6. The molecule has 20 heavy (non-hydrogen) atoms. The van der Waals surface area contributed by atoms with Crippen LogP contribution in [0.25, 0.3) is 0 Å². The maximum atomic E-state index is 12.4. The second kappa shape index (κ2) is 6.19. The van der Waals surface area contributed by atoms with Crippen LogP contribution in [0.5, 0.6) is 0 Å². The summed E-state index contributed by atoms with van der Waals surface area (Å²) < 4.78 is 2.49. The molecule has 0 radical (unpaired) electrons. The summed E-state index contributed by atoms with van der Waals surface area (Å²) in [4.78, 5) is 12.4. The Morgan fingerprint density at radius 2 is 2.25 bits per heavy atom. The van der Waals surface area contributed by atoms with Gasteiger partial charge < -0.3 is 10.4 Å². The highest BCUT2D eigenvalue weighted by atomic mass is 79.9. The average molecular weight is 338 g/mol. The van der Waals surface area contributed by atoms with Crippen LogP contribution in [0.15, 0.2) is 28.9 Å². The summed E-state index contributed by atoms with van der Waals surface area (Å²) in [6.07, 6.45) is 2.02. The van der Waals surface area contributed by atoms with Crippen molar-refractivity contribution < 1.29 is 9.90 Å². The number of aliphatic hydroxyl groups excluding tert-OH is 1. The molecule has 0 saturated heterocycles. The van der Waals surface area contributed by atoms with Crippen molar-refractivity contribution in [3.05, 3.63) is 45.7 Å². The molecule has 2 N–H and O–H groups in total. The first-order valence-corrected chi connectivity index (χ1v) is 7.01. The van der Waals surface area contributed by atoms with Crippen LogP contribution in [0.1, 0.15) is 21.6 Å². The van der Waals surface area contributed by atoms with Crippen molar-refractivity contribution in [2.45, 2.75) is 13.3 Å². The highest BCUT2D eigenvalue weighted by Gasteiger charge is 2.17. The van der Waals surface area contributed by atoms with Crippen LogP contribution in [0, 0.1) is 6.92 Å². The molecule has 2 rings (SSSR count). The molecule has 0 spiro atoms. The van der Waals surface area contributed by atoms with E-state index < -0.39 is 0 Å². The lowest BCUT2D eigenvalue weighted by molar-refractivity contribution is 0.101. The van der Waals surface area contributed by atoms with Crippen LogP contribution < -0.4 is 5.32 Å². The standard InChI is InChI=1S/C14H16BrN3O2/c1-9-7-11(15)3-4-12(9)17-14(20)13-10(5-6-19)8-16-18(13)2/h3-4,7-8,19H,5-6H2,1-2H3,(H,17,20). The minimum atomic E-state index is -0.223. The molecular formula is C14H16BrN3O2. The van der Waals surface area contributed by atoms with Gasteiger partial charge in [-0.15, -0.1) is 0 Å². The highest BCUT2D eigenvalue weighted by Crippen LogP contribution is 2.21. The number of aryl methyl sites for hydroxylation is 2. The molecule has 0 unspecified atom stereocenters. The van der Waals surface area contributed by atoms with Crippen molar-refractivity contribution in [1.29, 1.82) is 0 Å². The Labute approximate surface area is 125 Å². The number of halogens is 1. The number of carbonyl (C=O) groups is 1. The zero-order valence-corrected chi connectivity index (χ0v) is 12.9.